The molecule has 1 aromatic rings. The van der Waals surface area contributed by atoms with E-state index >= 15 is 0 Å². The smallest absolute Gasteiger partial charge is 0.146 e. The maximum Gasteiger partial charge on any atom is 0.146 e. The molecule has 118 valence electrons. The maximum atomic E-state index is 14.5. The number of benzene rings is 1. The van der Waals surface area contributed by atoms with Crippen molar-refractivity contribution >= 4 is 5.69 Å². The summed E-state index contributed by atoms with van der Waals surface area (Å²) in [4.78, 5) is 2.25. The van der Waals surface area contributed by atoms with Gasteiger partial charge in [-0.25, -0.2) is 4.39 Å². The average Bonchev–Trinajstić information content (AvgIpc) is 2.47. The minimum atomic E-state index is -0.0427. The van der Waals surface area contributed by atoms with Crippen LogP contribution in [-0.2, 0) is 6.42 Å². The van der Waals surface area contributed by atoms with Crippen molar-refractivity contribution in [1.82, 2.24) is 0 Å². The van der Waals surface area contributed by atoms with Crippen molar-refractivity contribution in [2.45, 2.75) is 59.8 Å². The highest BCUT2D eigenvalue weighted by Gasteiger charge is 2.24. The highest BCUT2D eigenvalue weighted by molar-refractivity contribution is 5.53. The lowest BCUT2D eigenvalue weighted by Gasteiger charge is -2.36. The second-order valence-corrected chi connectivity index (χ2v) is 7.08. The highest BCUT2D eigenvalue weighted by atomic mass is 19.1. The summed E-state index contributed by atoms with van der Waals surface area (Å²) < 4.78 is 14.5. The Morgan fingerprint density at radius 1 is 1.14 bits per heavy atom. The molecular formula is C19H30FN. The first-order chi connectivity index (χ1) is 9.93. The van der Waals surface area contributed by atoms with Gasteiger partial charge in [-0.3, -0.25) is 0 Å². The number of rotatable bonds is 4. The van der Waals surface area contributed by atoms with E-state index in [9.17, 15) is 4.39 Å². The van der Waals surface area contributed by atoms with Crippen molar-refractivity contribution in [3.63, 3.8) is 0 Å². The van der Waals surface area contributed by atoms with Gasteiger partial charge in [0.25, 0.3) is 0 Å². The van der Waals surface area contributed by atoms with Crippen molar-refractivity contribution in [2.24, 2.45) is 11.8 Å². The van der Waals surface area contributed by atoms with E-state index < -0.39 is 0 Å². The molecule has 0 aromatic heterocycles. The second kappa shape index (κ2) is 6.81. The third-order valence-corrected chi connectivity index (χ3v) is 5.03. The highest BCUT2D eigenvalue weighted by Crippen LogP contribution is 2.32. The summed E-state index contributed by atoms with van der Waals surface area (Å²) in [7, 11) is 0. The quantitative estimate of drug-likeness (QED) is 0.719. The van der Waals surface area contributed by atoms with E-state index in [1.807, 2.05) is 0 Å². The number of hydrogen-bond acceptors (Lipinski definition) is 1. The monoisotopic (exact) mass is 291 g/mol. The van der Waals surface area contributed by atoms with E-state index in [0.717, 1.165) is 42.6 Å². The molecule has 0 amide bonds. The van der Waals surface area contributed by atoms with Gasteiger partial charge in [0, 0.05) is 13.1 Å². The zero-order valence-electron chi connectivity index (χ0n) is 14.2. The van der Waals surface area contributed by atoms with Crippen LogP contribution in [0.5, 0.6) is 0 Å². The van der Waals surface area contributed by atoms with E-state index in [-0.39, 0.29) is 5.82 Å². The molecular weight excluding hydrogens is 261 g/mol. The van der Waals surface area contributed by atoms with Crippen LogP contribution in [0.25, 0.3) is 0 Å². The summed E-state index contributed by atoms with van der Waals surface area (Å²) >= 11 is 0. The summed E-state index contributed by atoms with van der Waals surface area (Å²) in [6, 6.07) is 3.87. The maximum absolute atomic E-state index is 14.5. The van der Waals surface area contributed by atoms with Crippen LogP contribution < -0.4 is 4.90 Å². The number of piperidine rings is 1. The van der Waals surface area contributed by atoms with Crippen molar-refractivity contribution in [2.75, 3.05) is 18.0 Å². The van der Waals surface area contributed by atoms with Crippen molar-refractivity contribution in [1.29, 1.82) is 0 Å². The summed E-state index contributed by atoms with van der Waals surface area (Å²) in [5.74, 6) is 1.88. The predicted molar refractivity (Wildman–Crippen MR) is 89.6 cm³/mol. The molecule has 1 saturated heterocycles. The fourth-order valence-corrected chi connectivity index (χ4v) is 3.51. The zero-order valence-corrected chi connectivity index (χ0v) is 14.2. The molecule has 0 atom stereocenters. The van der Waals surface area contributed by atoms with E-state index in [0.29, 0.717) is 5.92 Å². The Balaban J connectivity index is 2.21. The van der Waals surface area contributed by atoms with Gasteiger partial charge in [0.1, 0.15) is 5.82 Å². The van der Waals surface area contributed by atoms with Crippen LogP contribution in [-0.4, -0.2) is 13.1 Å². The number of halogens is 1. The van der Waals surface area contributed by atoms with E-state index in [2.05, 4.69) is 45.6 Å². The van der Waals surface area contributed by atoms with Crippen LogP contribution >= 0.6 is 0 Å². The number of anilines is 1. The molecule has 0 N–H and O–H groups in total. The van der Waals surface area contributed by atoms with Crippen molar-refractivity contribution in [3.8, 4) is 0 Å². The lowest BCUT2D eigenvalue weighted by atomic mass is 9.86. The topological polar surface area (TPSA) is 3.24 Å². The Morgan fingerprint density at radius 2 is 1.76 bits per heavy atom. The van der Waals surface area contributed by atoms with E-state index in [1.165, 1.54) is 18.4 Å². The van der Waals surface area contributed by atoms with Crippen LogP contribution in [0.1, 0.15) is 64.5 Å². The second-order valence-electron chi connectivity index (χ2n) is 7.08. The molecule has 1 aliphatic heterocycles. The molecule has 0 aliphatic carbocycles. The molecule has 1 aromatic carbocycles. The van der Waals surface area contributed by atoms with Crippen LogP contribution in [0.15, 0.2) is 12.1 Å². The van der Waals surface area contributed by atoms with Crippen LogP contribution in [0, 0.1) is 17.7 Å². The number of hydrogen-bond donors (Lipinski definition) is 0. The van der Waals surface area contributed by atoms with Gasteiger partial charge in [-0.1, -0.05) is 34.6 Å². The minimum Gasteiger partial charge on any atom is -0.369 e. The molecule has 0 saturated carbocycles. The number of nitrogens with zero attached hydrogens (tertiary/aromatic N) is 1. The Bertz CT molecular complexity index is 471. The summed E-state index contributed by atoms with van der Waals surface area (Å²) in [6.07, 6.45) is 3.35. The summed E-state index contributed by atoms with van der Waals surface area (Å²) in [6.45, 7) is 13.0. The van der Waals surface area contributed by atoms with E-state index in [1.54, 1.807) is 6.07 Å². The van der Waals surface area contributed by atoms with Gasteiger partial charge < -0.3 is 4.90 Å². The van der Waals surface area contributed by atoms with Gasteiger partial charge in [0.05, 0.1) is 5.69 Å². The Morgan fingerprint density at radius 3 is 2.24 bits per heavy atom. The first-order valence-electron chi connectivity index (χ1n) is 8.51. The third-order valence-electron chi connectivity index (χ3n) is 5.03. The van der Waals surface area contributed by atoms with Gasteiger partial charge in [0.2, 0.25) is 0 Å². The summed E-state index contributed by atoms with van der Waals surface area (Å²) in [5.41, 5.74) is 3.28. The molecule has 2 heteroatoms. The number of aryl methyl sites for hydroxylation is 1. The molecule has 2 rings (SSSR count). The van der Waals surface area contributed by atoms with Gasteiger partial charge in [-0.2, -0.15) is 0 Å². The van der Waals surface area contributed by atoms with Gasteiger partial charge >= 0.3 is 0 Å². The van der Waals surface area contributed by atoms with Crippen LogP contribution in [0.4, 0.5) is 10.1 Å². The fraction of sp³-hybridized carbons (Fsp3) is 0.684. The molecule has 1 aliphatic rings. The van der Waals surface area contributed by atoms with Crippen LogP contribution in [0.3, 0.4) is 0 Å². The van der Waals surface area contributed by atoms with Gasteiger partial charge in [-0.05, 0) is 60.3 Å². The Hall–Kier alpha value is -1.05. The SMILES string of the molecule is CCc1cc(N2CCC(C(C)C)CC2)c(F)cc1C(C)C. The molecule has 1 heterocycles. The lowest BCUT2D eigenvalue weighted by Crippen LogP contribution is -2.35. The average molecular weight is 291 g/mol. The fourth-order valence-electron chi connectivity index (χ4n) is 3.51. The van der Waals surface area contributed by atoms with Crippen molar-refractivity contribution < 1.29 is 4.39 Å². The predicted octanol–water partition coefficient (Wildman–Crippen LogP) is 5.38. The normalized spacial score (nSPS) is 17.0. The largest absolute Gasteiger partial charge is 0.369 e. The lowest BCUT2D eigenvalue weighted by molar-refractivity contribution is 0.310. The van der Waals surface area contributed by atoms with E-state index in [4.69, 9.17) is 0 Å². The first kappa shape index (κ1) is 16.3. The van der Waals surface area contributed by atoms with Crippen LogP contribution in [0.2, 0.25) is 0 Å². The molecule has 21 heavy (non-hydrogen) atoms. The third kappa shape index (κ3) is 3.59. The molecule has 0 radical (unpaired) electrons. The minimum absolute atomic E-state index is 0.0427. The Kier molecular flexibility index (Phi) is 5.29. The first-order valence-corrected chi connectivity index (χ1v) is 8.51. The molecule has 0 bridgehead atoms. The van der Waals surface area contributed by atoms with Gasteiger partial charge in [0.15, 0.2) is 0 Å². The molecule has 1 fully saturated rings. The van der Waals surface area contributed by atoms with Gasteiger partial charge in [-0.15, -0.1) is 0 Å². The standard InChI is InChI=1S/C19H30FN/c1-6-15-11-19(18(20)12-17(15)14(4)5)21-9-7-16(8-10-21)13(2)3/h11-14,16H,6-10H2,1-5H3. The molecule has 1 nitrogen and oxygen atoms in total. The molecule has 0 spiro atoms. The Labute approximate surface area is 129 Å². The summed E-state index contributed by atoms with van der Waals surface area (Å²) in [5, 5.41) is 0. The zero-order chi connectivity index (χ0) is 15.6. The molecule has 0 unspecified atom stereocenters. The van der Waals surface area contributed by atoms with Crippen molar-refractivity contribution in [3.05, 3.63) is 29.1 Å².